The molecule has 0 saturated heterocycles. The van der Waals surface area contributed by atoms with Crippen LogP contribution in [0.25, 0.3) is 6.08 Å². The largest absolute Gasteiger partial charge is 0.487 e. The lowest BCUT2D eigenvalue weighted by atomic mass is 10.2. The molecule has 0 unspecified atom stereocenters. The van der Waals surface area contributed by atoms with Crippen LogP contribution in [0.3, 0.4) is 0 Å². The number of halogens is 1. The molecule has 0 amide bonds. The smallest absolute Gasteiger partial charge is 0.152 e. The van der Waals surface area contributed by atoms with Crippen molar-refractivity contribution < 1.29 is 9.13 Å². The average Bonchev–Trinajstić information content (AvgIpc) is 2.46. The molecule has 4 heteroatoms. The molecule has 2 aromatic carbocycles. The predicted octanol–water partition coefficient (Wildman–Crippen LogP) is 4.32. The molecule has 2 aromatic rings. The molecule has 0 heterocycles. The maximum atomic E-state index is 12.9. The molecule has 2 rings (SSSR count). The third kappa shape index (κ3) is 3.74. The van der Waals surface area contributed by atoms with Crippen molar-refractivity contribution in [2.75, 3.05) is 6.61 Å². The van der Waals surface area contributed by atoms with Crippen molar-refractivity contribution in [2.24, 2.45) is 5.18 Å². The number of nitrogens with zero attached hydrogens (tertiary/aromatic N) is 1. The van der Waals surface area contributed by atoms with Crippen LogP contribution in [0.15, 0.2) is 59.8 Å². The van der Waals surface area contributed by atoms with Crippen molar-refractivity contribution in [1.82, 2.24) is 0 Å². The van der Waals surface area contributed by atoms with Crippen LogP contribution in [0.4, 0.5) is 10.1 Å². The van der Waals surface area contributed by atoms with Gasteiger partial charge in [-0.3, -0.25) is 0 Å². The molecule has 3 nitrogen and oxygen atoms in total. The van der Waals surface area contributed by atoms with Crippen molar-refractivity contribution in [3.05, 3.63) is 70.9 Å². The van der Waals surface area contributed by atoms with E-state index >= 15 is 0 Å². The van der Waals surface area contributed by atoms with Gasteiger partial charge in [0.15, 0.2) is 5.69 Å². The molecule has 0 bridgehead atoms. The molecule has 0 aliphatic carbocycles. The van der Waals surface area contributed by atoms with Crippen molar-refractivity contribution in [2.45, 2.75) is 0 Å². The van der Waals surface area contributed by atoms with Gasteiger partial charge in [-0.2, -0.15) is 0 Å². The molecule has 0 aliphatic rings. The first-order valence-electron chi connectivity index (χ1n) is 5.77. The van der Waals surface area contributed by atoms with E-state index in [1.165, 1.54) is 12.1 Å². The van der Waals surface area contributed by atoms with Gasteiger partial charge in [0.25, 0.3) is 0 Å². The van der Waals surface area contributed by atoms with Gasteiger partial charge < -0.3 is 4.74 Å². The summed E-state index contributed by atoms with van der Waals surface area (Å²) >= 11 is 0. The van der Waals surface area contributed by atoms with Gasteiger partial charge in [0, 0.05) is 6.07 Å². The number of hydrogen-bond donors (Lipinski definition) is 0. The normalized spacial score (nSPS) is 10.6. The molecule has 0 atom stereocenters. The lowest BCUT2D eigenvalue weighted by Crippen LogP contribution is -1.93. The maximum absolute atomic E-state index is 12.9. The quantitative estimate of drug-likeness (QED) is 0.748. The molecule has 0 spiro atoms. The zero-order valence-electron chi connectivity index (χ0n) is 10.1. The third-order valence-electron chi connectivity index (χ3n) is 2.46. The summed E-state index contributed by atoms with van der Waals surface area (Å²) in [7, 11) is 0. The molecule has 0 saturated carbocycles. The minimum atomic E-state index is -0.512. The summed E-state index contributed by atoms with van der Waals surface area (Å²) in [5, 5.41) is 2.73. The molecular weight excluding hydrogens is 245 g/mol. The summed E-state index contributed by atoms with van der Waals surface area (Å²) in [6.07, 6.45) is 3.71. The zero-order chi connectivity index (χ0) is 13.5. The second kappa shape index (κ2) is 6.44. The van der Waals surface area contributed by atoms with Crippen molar-refractivity contribution in [3.8, 4) is 5.75 Å². The molecular formula is C15H12FNO2. The van der Waals surface area contributed by atoms with Crippen LogP contribution in [0.1, 0.15) is 5.56 Å². The summed E-state index contributed by atoms with van der Waals surface area (Å²) in [4.78, 5) is 10.5. The lowest BCUT2D eigenvalue weighted by molar-refractivity contribution is 0.364. The fraction of sp³-hybridized carbons (Fsp3) is 0.0667. The van der Waals surface area contributed by atoms with Crippen LogP contribution in [0, 0.1) is 10.7 Å². The Balaban J connectivity index is 1.96. The molecule has 0 fully saturated rings. The fourth-order valence-electron chi connectivity index (χ4n) is 1.57. The van der Waals surface area contributed by atoms with E-state index in [9.17, 15) is 9.30 Å². The van der Waals surface area contributed by atoms with Gasteiger partial charge in [0.1, 0.15) is 18.2 Å². The first kappa shape index (κ1) is 13.0. The minimum Gasteiger partial charge on any atom is -0.487 e. The van der Waals surface area contributed by atoms with Crippen molar-refractivity contribution >= 4 is 11.8 Å². The van der Waals surface area contributed by atoms with E-state index in [1.54, 1.807) is 0 Å². The Bertz CT molecular complexity index is 582. The first-order chi connectivity index (χ1) is 9.29. The number of hydrogen-bond acceptors (Lipinski definition) is 3. The van der Waals surface area contributed by atoms with Gasteiger partial charge in [0.05, 0.1) is 0 Å². The van der Waals surface area contributed by atoms with E-state index < -0.39 is 5.82 Å². The maximum Gasteiger partial charge on any atom is 0.152 e. The van der Waals surface area contributed by atoms with E-state index in [1.807, 2.05) is 42.5 Å². The van der Waals surface area contributed by atoms with Gasteiger partial charge in [-0.05, 0) is 28.9 Å². The van der Waals surface area contributed by atoms with E-state index in [0.717, 1.165) is 11.6 Å². The highest BCUT2D eigenvalue weighted by Gasteiger charge is 2.04. The minimum absolute atomic E-state index is 0.0342. The molecule has 0 aliphatic heterocycles. The Labute approximate surface area is 110 Å². The summed E-state index contributed by atoms with van der Waals surface area (Å²) in [6.45, 7) is 0.281. The second-order valence-electron chi connectivity index (χ2n) is 3.83. The summed E-state index contributed by atoms with van der Waals surface area (Å²) in [5.41, 5.74) is 1.02. The standard InChI is InChI=1S/C15H12FNO2/c16-13-8-9-15(14(11-13)17-18)19-10-4-7-12-5-2-1-3-6-12/h1-9,11H,10H2/b7-4-. The zero-order valence-corrected chi connectivity index (χ0v) is 10.1. The Kier molecular flexibility index (Phi) is 4.39. The highest BCUT2D eigenvalue weighted by atomic mass is 19.1. The summed E-state index contributed by atoms with van der Waals surface area (Å²) < 4.78 is 18.2. The monoisotopic (exact) mass is 257 g/mol. The van der Waals surface area contributed by atoms with Gasteiger partial charge in [-0.1, -0.05) is 36.4 Å². The predicted molar refractivity (Wildman–Crippen MR) is 72.8 cm³/mol. The Morgan fingerprint density at radius 3 is 2.68 bits per heavy atom. The van der Waals surface area contributed by atoms with Crippen LogP contribution >= 0.6 is 0 Å². The second-order valence-corrected chi connectivity index (χ2v) is 3.83. The van der Waals surface area contributed by atoms with Crippen LogP contribution < -0.4 is 4.74 Å². The number of nitroso groups, excluding NO2 is 1. The number of rotatable bonds is 5. The Hall–Kier alpha value is -2.49. The first-order valence-corrected chi connectivity index (χ1v) is 5.77. The summed E-state index contributed by atoms with van der Waals surface area (Å²) in [6, 6.07) is 13.4. The Morgan fingerprint density at radius 1 is 1.16 bits per heavy atom. The fourth-order valence-corrected chi connectivity index (χ4v) is 1.57. The molecule has 0 aromatic heterocycles. The molecule has 0 N–H and O–H groups in total. The van der Waals surface area contributed by atoms with E-state index in [2.05, 4.69) is 5.18 Å². The lowest BCUT2D eigenvalue weighted by Gasteiger charge is -2.04. The van der Waals surface area contributed by atoms with Gasteiger partial charge in [0.2, 0.25) is 0 Å². The Morgan fingerprint density at radius 2 is 1.95 bits per heavy atom. The van der Waals surface area contributed by atoms with E-state index in [4.69, 9.17) is 4.74 Å². The van der Waals surface area contributed by atoms with Gasteiger partial charge >= 0.3 is 0 Å². The van der Waals surface area contributed by atoms with Crippen LogP contribution in [-0.4, -0.2) is 6.61 Å². The molecule has 96 valence electrons. The third-order valence-corrected chi connectivity index (χ3v) is 2.46. The van der Waals surface area contributed by atoms with Crippen LogP contribution in [0.2, 0.25) is 0 Å². The highest BCUT2D eigenvalue weighted by molar-refractivity contribution is 5.52. The van der Waals surface area contributed by atoms with Gasteiger partial charge in [-0.15, -0.1) is 4.91 Å². The summed E-state index contributed by atoms with van der Waals surface area (Å²) in [5.74, 6) is -0.240. The van der Waals surface area contributed by atoms with Gasteiger partial charge in [-0.25, -0.2) is 4.39 Å². The van der Waals surface area contributed by atoms with Crippen LogP contribution in [-0.2, 0) is 0 Å². The van der Waals surface area contributed by atoms with Crippen molar-refractivity contribution in [1.29, 1.82) is 0 Å². The number of ether oxygens (including phenoxy) is 1. The van der Waals surface area contributed by atoms with Crippen LogP contribution in [0.5, 0.6) is 5.75 Å². The average molecular weight is 257 g/mol. The number of benzene rings is 2. The molecule has 0 radical (unpaired) electrons. The van der Waals surface area contributed by atoms with E-state index in [-0.39, 0.29) is 18.0 Å². The topological polar surface area (TPSA) is 38.7 Å². The SMILES string of the molecule is O=Nc1cc(F)ccc1OC/C=C\c1ccccc1. The van der Waals surface area contributed by atoms with E-state index in [0.29, 0.717) is 0 Å². The van der Waals surface area contributed by atoms with Crippen molar-refractivity contribution in [3.63, 3.8) is 0 Å². The highest BCUT2D eigenvalue weighted by Crippen LogP contribution is 2.27. The molecule has 19 heavy (non-hydrogen) atoms.